The number of hydrogen-bond acceptors (Lipinski definition) is 6. The molecular weight excluding hydrogens is 388 g/mol. The van der Waals surface area contributed by atoms with Gasteiger partial charge in [-0.2, -0.15) is 0 Å². The molecule has 0 aromatic heterocycles. The van der Waals surface area contributed by atoms with Crippen molar-refractivity contribution in [2.24, 2.45) is 0 Å². The summed E-state index contributed by atoms with van der Waals surface area (Å²) in [4.78, 5) is 35.5. The number of methoxy groups -OCH3 is 1. The number of carbonyl (C=O) groups is 3. The fraction of sp³-hybridized carbons (Fsp3) is 0.318. The van der Waals surface area contributed by atoms with Crippen LogP contribution in [0.5, 0.6) is 11.5 Å². The predicted molar refractivity (Wildman–Crippen MR) is 113 cm³/mol. The van der Waals surface area contributed by atoms with E-state index in [9.17, 15) is 14.4 Å². The minimum atomic E-state index is -0.534. The zero-order valence-corrected chi connectivity index (χ0v) is 17.1. The Labute approximate surface area is 175 Å². The van der Waals surface area contributed by atoms with Gasteiger partial charge in [-0.25, -0.2) is 0 Å². The first kappa shape index (κ1) is 22.7. The van der Waals surface area contributed by atoms with Gasteiger partial charge in [0.2, 0.25) is 5.91 Å². The summed E-state index contributed by atoms with van der Waals surface area (Å²) in [6, 6.07) is 13.8. The van der Waals surface area contributed by atoms with E-state index < -0.39 is 11.9 Å². The molecule has 2 aromatic rings. The highest BCUT2D eigenvalue weighted by atomic mass is 16.5. The van der Waals surface area contributed by atoms with Crippen LogP contribution in [0.2, 0.25) is 0 Å². The molecule has 2 amide bonds. The van der Waals surface area contributed by atoms with Crippen molar-refractivity contribution < 1.29 is 28.6 Å². The topological polar surface area (TPSA) is 103 Å². The molecule has 2 N–H and O–H groups in total. The second-order valence-corrected chi connectivity index (χ2v) is 6.30. The molecule has 30 heavy (non-hydrogen) atoms. The van der Waals surface area contributed by atoms with E-state index in [2.05, 4.69) is 10.6 Å². The molecule has 2 aromatic carbocycles. The van der Waals surface area contributed by atoms with Crippen LogP contribution in [0, 0.1) is 0 Å². The van der Waals surface area contributed by atoms with Gasteiger partial charge >= 0.3 is 5.97 Å². The second kappa shape index (κ2) is 12.1. The first-order chi connectivity index (χ1) is 14.5. The van der Waals surface area contributed by atoms with Gasteiger partial charge in [-0.1, -0.05) is 0 Å². The van der Waals surface area contributed by atoms with Gasteiger partial charge in [0, 0.05) is 24.2 Å². The molecule has 0 unspecified atom stereocenters. The van der Waals surface area contributed by atoms with Crippen LogP contribution in [0.3, 0.4) is 0 Å². The van der Waals surface area contributed by atoms with Crippen LogP contribution < -0.4 is 20.1 Å². The van der Waals surface area contributed by atoms with Crippen LogP contribution in [0.4, 0.5) is 11.4 Å². The number of ether oxygens (including phenoxy) is 3. The summed E-state index contributed by atoms with van der Waals surface area (Å²) in [6.45, 7) is 2.09. The van der Waals surface area contributed by atoms with E-state index >= 15 is 0 Å². The van der Waals surface area contributed by atoms with Crippen LogP contribution >= 0.6 is 0 Å². The summed E-state index contributed by atoms with van der Waals surface area (Å²) in [7, 11) is 1.55. The summed E-state index contributed by atoms with van der Waals surface area (Å²) in [6.07, 6.45) is 0.536. The zero-order chi connectivity index (χ0) is 21.8. The third kappa shape index (κ3) is 8.22. The molecule has 0 aliphatic heterocycles. The second-order valence-electron chi connectivity index (χ2n) is 6.30. The first-order valence-electron chi connectivity index (χ1n) is 9.62. The number of anilines is 2. The quantitative estimate of drug-likeness (QED) is 0.547. The van der Waals surface area contributed by atoms with Crippen molar-refractivity contribution in [3.05, 3.63) is 48.5 Å². The van der Waals surface area contributed by atoms with Crippen LogP contribution in [0.25, 0.3) is 0 Å². The molecule has 8 nitrogen and oxygen atoms in total. The van der Waals surface area contributed by atoms with Gasteiger partial charge in [0.15, 0.2) is 6.61 Å². The standard InChI is InChI=1S/C22H26N2O6/c1-3-29-19-13-9-16(10-14-19)23-20(25)5-4-6-22(27)30-15-21(26)24-17-7-11-18(28-2)12-8-17/h7-14H,3-6,15H2,1-2H3,(H,23,25)(H,24,26). The highest BCUT2D eigenvalue weighted by molar-refractivity contribution is 5.93. The van der Waals surface area contributed by atoms with E-state index in [0.717, 1.165) is 5.75 Å². The molecule has 0 atom stereocenters. The molecular formula is C22H26N2O6. The first-order valence-corrected chi connectivity index (χ1v) is 9.62. The zero-order valence-electron chi connectivity index (χ0n) is 17.1. The SMILES string of the molecule is CCOc1ccc(NC(=O)CCCC(=O)OCC(=O)Nc2ccc(OC)cc2)cc1. The van der Waals surface area contributed by atoms with Gasteiger partial charge in [-0.3, -0.25) is 14.4 Å². The van der Waals surface area contributed by atoms with Crippen molar-refractivity contribution in [2.45, 2.75) is 26.2 Å². The van der Waals surface area contributed by atoms with Crippen LogP contribution in [-0.4, -0.2) is 38.1 Å². The third-order valence-electron chi connectivity index (χ3n) is 3.97. The van der Waals surface area contributed by atoms with Gasteiger partial charge in [0.05, 0.1) is 13.7 Å². The molecule has 0 fully saturated rings. The molecule has 0 aliphatic carbocycles. The maximum atomic E-state index is 12.0. The molecule has 0 aliphatic rings. The highest BCUT2D eigenvalue weighted by Crippen LogP contribution is 2.16. The number of amides is 2. The van der Waals surface area contributed by atoms with E-state index in [4.69, 9.17) is 14.2 Å². The van der Waals surface area contributed by atoms with E-state index in [-0.39, 0.29) is 25.4 Å². The Morgan fingerprint density at radius 1 is 0.800 bits per heavy atom. The van der Waals surface area contributed by atoms with Crippen molar-refractivity contribution in [2.75, 3.05) is 31.0 Å². The largest absolute Gasteiger partial charge is 0.497 e. The minimum absolute atomic E-state index is 0.0481. The van der Waals surface area contributed by atoms with Crippen molar-refractivity contribution in [1.29, 1.82) is 0 Å². The molecule has 160 valence electrons. The van der Waals surface area contributed by atoms with E-state index in [0.29, 0.717) is 30.2 Å². The van der Waals surface area contributed by atoms with Gasteiger partial charge in [0.1, 0.15) is 11.5 Å². The van der Waals surface area contributed by atoms with E-state index in [1.165, 1.54) is 0 Å². The van der Waals surface area contributed by atoms with Crippen molar-refractivity contribution in [3.63, 3.8) is 0 Å². The molecule has 0 heterocycles. The van der Waals surface area contributed by atoms with Gasteiger partial charge < -0.3 is 24.8 Å². The van der Waals surface area contributed by atoms with E-state index in [1.807, 2.05) is 6.92 Å². The lowest BCUT2D eigenvalue weighted by Crippen LogP contribution is -2.21. The Morgan fingerprint density at radius 3 is 1.93 bits per heavy atom. The molecule has 0 bridgehead atoms. The molecule has 0 saturated carbocycles. The normalized spacial score (nSPS) is 10.1. The molecule has 2 rings (SSSR count). The summed E-state index contributed by atoms with van der Waals surface area (Å²) in [5, 5.41) is 5.37. The molecule has 0 saturated heterocycles. The molecule has 0 radical (unpaired) electrons. The Morgan fingerprint density at radius 2 is 1.37 bits per heavy atom. The van der Waals surface area contributed by atoms with Crippen molar-refractivity contribution in [3.8, 4) is 11.5 Å². The Kier molecular flexibility index (Phi) is 9.18. The lowest BCUT2D eigenvalue weighted by atomic mass is 10.2. The maximum absolute atomic E-state index is 12.0. The summed E-state index contributed by atoms with van der Waals surface area (Å²) in [5.41, 5.74) is 1.23. The van der Waals surface area contributed by atoms with Gasteiger partial charge in [0.25, 0.3) is 5.91 Å². The average molecular weight is 414 g/mol. The predicted octanol–water partition coefficient (Wildman–Crippen LogP) is 3.38. The maximum Gasteiger partial charge on any atom is 0.306 e. The van der Waals surface area contributed by atoms with E-state index in [1.54, 1.807) is 55.6 Å². The number of esters is 1. The summed E-state index contributed by atoms with van der Waals surface area (Å²) in [5.74, 6) is 0.222. The van der Waals surface area contributed by atoms with Crippen molar-refractivity contribution >= 4 is 29.2 Å². The van der Waals surface area contributed by atoms with Crippen molar-refractivity contribution in [1.82, 2.24) is 0 Å². The fourth-order valence-corrected chi connectivity index (χ4v) is 2.51. The number of hydrogen-bond donors (Lipinski definition) is 2. The molecule has 0 spiro atoms. The number of carbonyl (C=O) groups excluding carboxylic acids is 3. The van der Waals surface area contributed by atoms with Gasteiger partial charge in [-0.15, -0.1) is 0 Å². The average Bonchev–Trinajstić information content (AvgIpc) is 2.74. The van der Waals surface area contributed by atoms with Crippen LogP contribution in [0.1, 0.15) is 26.2 Å². The smallest absolute Gasteiger partial charge is 0.306 e. The number of benzene rings is 2. The third-order valence-corrected chi connectivity index (χ3v) is 3.97. The van der Waals surface area contributed by atoms with Crippen LogP contribution in [0.15, 0.2) is 48.5 Å². The van der Waals surface area contributed by atoms with Gasteiger partial charge in [-0.05, 0) is 61.9 Å². The number of rotatable bonds is 11. The summed E-state index contributed by atoms with van der Waals surface area (Å²) >= 11 is 0. The fourth-order valence-electron chi connectivity index (χ4n) is 2.51. The summed E-state index contributed by atoms with van der Waals surface area (Å²) < 4.78 is 15.3. The Balaban J connectivity index is 1.61. The number of nitrogens with one attached hydrogen (secondary N) is 2. The Bertz CT molecular complexity index is 834. The lowest BCUT2D eigenvalue weighted by molar-refractivity contribution is -0.147. The lowest BCUT2D eigenvalue weighted by Gasteiger charge is -2.08. The monoisotopic (exact) mass is 414 g/mol. The highest BCUT2D eigenvalue weighted by Gasteiger charge is 2.10. The van der Waals surface area contributed by atoms with Crippen LogP contribution in [-0.2, 0) is 19.1 Å². The molecule has 8 heteroatoms. The Hall–Kier alpha value is -3.55. The minimum Gasteiger partial charge on any atom is -0.497 e.